The Morgan fingerprint density at radius 1 is 1.17 bits per heavy atom. The van der Waals surface area contributed by atoms with Crippen LogP contribution in [0.3, 0.4) is 0 Å². The molecule has 0 radical (unpaired) electrons. The lowest BCUT2D eigenvalue weighted by molar-refractivity contribution is -0.154. The van der Waals surface area contributed by atoms with Crippen molar-refractivity contribution in [1.29, 1.82) is 0 Å². The van der Waals surface area contributed by atoms with E-state index in [1.807, 2.05) is 0 Å². The maximum absolute atomic E-state index is 12.6. The lowest BCUT2D eigenvalue weighted by Gasteiger charge is -2.16. The number of carbonyl (C=O) groups is 2. The fourth-order valence-electron chi connectivity index (χ4n) is 3.10. The normalized spacial score (nSPS) is 12.0. The summed E-state index contributed by atoms with van der Waals surface area (Å²) in [6.07, 6.45) is 0.0307. The van der Waals surface area contributed by atoms with E-state index >= 15 is 0 Å². The van der Waals surface area contributed by atoms with E-state index in [1.165, 1.54) is 26.2 Å². The fraction of sp³-hybridized carbons (Fsp3) is 0.409. The van der Waals surface area contributed by atoms with E-state index in [2.05, 4.69) is 25.7 Å². The first-order valence-corrected chi connectivity index (χ1v) is 10.6. The van der Waals surface area contributed by atoms with Gasteiger partial charge in [0.05, 0.1) is 17.4 Å². The van der Waals surface area contributed by atoms with Gasteiger partial charge in [0, 0.05) is 37.2 Å². The van der Waals surface area contributed by atoms with Crippen LogP contribution in [-0.4, -0.2) is 68.1 Å². The Bertz CT molecular complexity index is 1220. The van der Waals surface area contributed by atoms with Crippen molar-refractivity contribution in [3.05, 3.63) is 47.5 Å². The number of nitrogens with zero attached hydrogens (tertiary/aromatic N) is 4. The van der Waals surface area contributed by atoms with Crippen LogP contribution in [0.25, 0.3) is 10.9 Å². The second kappa shape index (κ2) is 10.3. The number of alkyl halides is 3. The van der Waals surface area contributed by atoms with Crippen LogP contribution < -0.4 is 15.4 Å². The van der Waals surface area contributed by atoms with E-state index in [0.717, 1.165) is 0 Å². The van der Waals surface area contributed by atoms with Gasteiger partial charge in [-0.25, -0.2) is 4.98 Å². The number of nitrogens with one attached hydrogen (secondary N) is 2. The molecule has 13 heteroatoms. The number of pyridine rings is 2. The predicted octanol–water partition coefficient (Wildman–Crippen LogP) is 1.74. The number of aliphatic hydroxyl groups is 1. The van der Waals surface area contributed by atoms with Gasteiger partial charge >= 0.3 is 6.18 Å². The molecular formula is C22H25F3N6O4. The molecule has 10 nitrogen and oxygen atoms in total. The van der Waals surface area contributed by atoms with Gasteiger partial charge in [0.15, 0.2) is 6.61 Å². The van der Waals surface area contributed by atoms with Crippen molar-refractivity contribution in [3.8, 4) is 5.88 Å². The Kier molecular flexibility index (Phi) is 7.58. The summed E-state index contributed by atoms with van der Waals surface area (Å²) in [5.74, 6) is -1.12. The molecule has 3 aromatic heterocycles. The van der Waals surface area contributed by atoms with E-state index in [4.69, 9.17) is 4.74 Å². The van der Waals surface area contributed by atoms with Crippen molar-refractivity contribution in [2.24, 2.45) is 0 Å². The van der Waals surface area contributed by atoms with Crippen molar-refractivity contribution < 1.29 is 32.6 Å². The number of fused-ring (bicyclic) bond motifs is 1. The van der Waals surface area contributed by atoms with Crippen LogP contribution in [0.2, 0.25) is 0 Å². The zero-order valence-electron chi connectivity index (χ0n) is 19.3. The largest absolute Gasteiger partial charge is 0.468 e. The van der Waals surface area contributed by atoms with Crippen LogP contribution in [0.5, 0.6) is 5.88 Å². The SMILES string of the molecule is Cc1cc(Cn2cc3c(C(=O)NCCNC(=O)C(C)(C)O)nccc3n2)cnc1OCC(F)(F)F. The second-order valence-electron chi connectivity index (χ2n) is 8.36. The molecule has 0 aromatic carbocycles. The first-order chi connectivity index (χ1) is 16.3. The average molecular weight is 494 g/mol. The predicted molar refractivity (Wildman–Crippen MR) is 119 cm³/mol. The lowest BCUT2D eigenvalue weighted by atomic mass is 10.1. The molecule has 3 N–H and O–H groups in total. The van der Waals surface area contributed by atoms with E-state index in [9.17, 15) is 27.9 Å². The zero-order valence-corrected chi connectivity index (χ0v) is 19.3. The Balaban J connectivity index is 1.66. The Morgan fingerprint density at radius 2 is 1.89 bits per heavy atom. The van der Waals surface area contributed by atoms with Crippen molar-refractivity contribution in [1.82, 2.24) is 30.4 Å². The molecule has 0 aliphatic carbocycles. The highest BCUT2D eigenvalue weighted by Crippen LogP contribution is 2.21. The fourth-order valence-corrected chi connectivity index (χ4v) is 3.10. The Morgan fingerprint density at radius 3 is 2.54 bits per heavy atom. The summed E-state index contributed by atoms with van der Waals surface area (Å²) in [5, 5.41) is 19.7. The van der Waals surface area contributed by atoms with Gasteiger partial charge in [-0.2, -0.15) is 18.3 Å². The van der Waals surface area contributed by atoms with Gasteiger partial charge < -0.3 is 20.5 Å². The molecule has 0 spiro atoms. The maximum Gasteiger partial charge on any atom is 0.422 e. The minimum Gasteiger partial charge on any atom is -0.468 e. The Hall–Kier alpha value is -3.74. The third-order valence-electron chi connectivity index (χ3n) is 4.75. The minimum atomic E-state index is -4.45. The third kappa shape index (κ3) is 7.12. The van der Waals surface area contributed by atoms with Crippen molar-refractivity contribution >= 4 is 22.7 Å². The summed E-state index contributed by atoms with van der Waals surface area (Å²) < 4.78 is 43.4. The average Bonchev–Trinajstić information content (AvgIpc) is 3.16. The van der Waals surface area contributed by atoms with Gasteiger partial charge in [-0.15, -0.1) is 0 Å². The summed E-state index contributed by atoms with van der Waals surface area (Å²) in [7, 11) is 0. The number of rotatable bonds is 9. The lowest BCUT2D eigenvalue weighted by Crippen LogP contribution is -2.44. The number of hydrogen-bond donors (Lipinski definition) is 3. The van der Waals surface area contributed by atoms with Crippen LogP contribution >= 0.6 is 0 Å². The number of hydrogen-bond acceptors (Lipinski definition) is 7. The van der Waals surface area contributed by atoms with E-state index in [1.54, 1.807) is 29.9 Å². The number of amides is 2. The van der Waals surface area contributed by atoms with Crippen LogP contribution in [0, 0.1) is 6.92 Å². The number of aromatic nitrogens is 4. The molecule has 3 heterocycles. The molecule has 0 atom stereocenters. The highest BCUT2D eigenvalue weighted by atomic mass is 19.4. The molecule has 2 amide bonds. The van der Waals surface area contributed by atoms with Gasteiger partial charge in [0.1, 0.15) is 11.3 Å². The van der Waals surface area contributed by atoms with Gasteiger partial charge in [-0.05, 0) is 38.5 Å². The molecule has 0 fully saturated rings. The van der Waals surface area contributed by atoms with Crippen LogP contribution in [0.1, 0.15) is 35.5 Å². The van der Waals surface area contributed by atoms with Gasteiger partial charge in [0.2, 0.25) is 5.88 Å². The van der Waals surface area contributed by atoms with E-state index < -0.39 is 30.2 Å². The topological polar surface area (TPSA) is 131 Å². The molecule has 35 heavy (non-hydrogen) atoms. The summed E-state index contributed by atoms with van der Waals surface area (Å²) in [6.45, 7) is 3.39. The van der Waals surface area contributed by atoms with Crippen LogP contribution in [0.15, 0.2) is 30.7 Å². The second-order valence-corrected chi connectivity index (χ2v) is 8.36. The molecule has 0 bridgehead atoms. The maximum atomic E-state index is 12.6. The summed E-state index contributed by atoms with van der Waals surface area (Å²) in [6, 6.07) is 3.29. The smallest absolute Gasteiger partial charge is 0.422 e. The van der Waals surface area contributed by atoms with Gasteiger partial charge in [0.25, 0.3) is 11.8 Å². The van der Waals surface area contributed by atoms with Crippen molar-refractivity contribution in [2.45, 2.75) is 39.1 Å². The first kappa shape index (κ1) is 25.9. The van der Waals surface area contributed by atoms with Crippen LogP contribution in [0.4, 0.5) is 13.2 Å². The molecule has 0 aliphatic rings. The number of aryl methyl sites for hydroxylation is 1. The molecule has 3 aromatic rings. The quantitative estimate of drug-likeness (QED) is 0.386. The van der Waals surface area contributed by atoms with E-state index in [-0.39, 0.29) is 31.2 Å². The molecule has 188 valence electrons. The summed E-state index contributed by atoms with van der Waals surface area (Å²) in [5.41, 5.74) is 0.275. The first-order valence-electron chi connectivity index (χ1n) is 10.6. The molecule has 0 saturated heterocycles. The highest BCUT2D eigenvalue weighted by Gasteiger charge is 2.29. The van der Waals surface area contributed by atoms with Gasteiger partial charge in [-0.1, -0.05) is 0 Å². The molecular weight excluding hydrogens is 469 g/mol. The highest BCUT2D eigenvalue weighted by molar-refractivity contribution is 6.04. The number of carbonyl (C=O) groups excluding carboxylic acids is 2. The number of halogens is 3. The van der Waals surface area contributed by atoms with Crippen molar-refractivity contribution in [3.63, 3.8) is 0 Å². The molecule has 0 aliphatic heterocycles. The van der Waals surface area contributed by atoms with Gasteiger partial charge in [-0.3, -0.25) is 19.3 Å². The zero-order chi connectivity index (χ0) is 25.8. The van der Waals surface area contributed by atoms with Crippen molar-refractivity contribution in [2.75, 3.05) is 19.7 Å². The standard InChI is InChI=1S/C22H25F3N6O4/c1-13-8-14(9-29-19(13)35-12-22(23,24)25)10-31-11-15-16(30-31)4-5-26-17(15)18(32)27-6-7-28-20(33)21(2,3)34/h4-5,8-9,11,34H,6-7,10,12H2,1-3H3,(H,27,32)(H,28,33). The Labute approximate surface area is 198 Å². The molecule has 3 rings (SSSR count). The monoisotopic (exact) mass is 494 g/mol. The molecule has 0 unspecified atom stereocenters. The number of ether oxygens (including phenoxy) is 1. The third-order valence-corrected chi connectivity index (χ3v) is 4.75. The molecule has 0 saturated carbocycles. The summed E-state index contributed by atoms with van der Waals surface area (Å²) in [4.78, 5) is 32.4. The summed E-state index contributed by atoms with van der Waals surface area (Å²) >= 11 is 0. The minimum absolute atomic E-state index is 0.0985. The van der Waals surface area contributed by atoms with Crippen LogP contribution in [-0.2, 0) is 11.3 Å². The van der Waals surface area contributed by atoms with E-state index in [0.29, 0.717) is 22.0 Å².